The van der Waals surface area contributed by atoms with Crippen LogP contribution in [0.25, 0.3) is 0 Å². The first-order valence-electron chi connectivity index (χ1n) is 4.03. The predicted octanol–water partition coefficient (Wildman–Crippen LogP) is 1.08. The van der Waals surface area contributed by atoms with Crippen molar-refractivity contribution in [2.24, 2.45) is 0 Å². The Morgan fingerprint density at radius 3 is 2.75 bits per heavy atom. The zero-order valence-electron chi connectivity index (χ0n) is 6.83. The molecule has 0 radical (unpaired) electrons. The number of hydrogen-bond donors (Lipinski definition) is 0. The smallest absolute Gasteiger partial charge is 0.117 e. The van der Waals surface area contributed by atoms with Crippen LogP contribution in [0.4, 0.5) is 0 Å². The molecule has 0 amide bonds. The molecule has 0 aromatic heterocycles. The molecule has 1 rings (SSSR count). The van der Waals surface area contributed by atoms with Crippen LogP contribution in [-0.2, 0) is 19.5 Å². The van der Waals surface area contributed by atoms with Crippen molar-refractivity contribution in [3.63, 3.8) is 0 Å². The van der Waals surface area contributed by atoms with Crippen LogP contribution in [-0.4, -0.2) is 35.9 Å². The Kier molecular flexibility index (Phi) is 5.14. The van der Waals surface area contributed by atoms with E-state index in [-0.39, 0.29) is 6.10 Å². The maximum absolute atomic E-state index is 10.5. The fourth-order valence-electron chi connectivity index (χ4n) is 1.12. The minimum Gasteiger partial charge on any atom is -0.381 e. The van der Waals surface area contributed by atoms with Crippen LogP contribution in [0.5, 0.6) is 0 Å². The number of hydrogen-bond acceptors (Lipinski definition) is 3. The second-order valence-electron chi connectivity index (χ2n) is 2.68. The van der Waals surface area contributed by atoms with Gasteiger partial charge in [-0.25, -0.2) is 4.21 Å². The minimum atomic E-state index is -1.25. The molecule has 3 nitrogen and oxygen atoms in total. The highest BCUT2D eigenvalue weighted by Gasteiger charge is 2.13. The van der Waals surface area contributed by atoms with E-state index in [1.807, 2.05) is 0 Å². The Hall–Kier alpha value is 0.360. The molecule has 1 heterocycles. The minimum absolute atomic E-state index is 0.277. The van der Waals surface area contributed by atoms with E-state index in [1.54, 1.807) is 0 Å². The van der Waals surface area contributed by atoms with Gasteiger partial charge in [0.15, 0.2) is 0 Å². The van der Waals surface area contributed by atoms with Crippen LogP contribution >= 0.6 is 10.7 Å². The van der Waals surface area contributed by atoms with E-state index in [0.717, 1.165) is 26.1 Å². The standard InChI is InChI=1S/C7H13ClO3S/c8-12(9)6-5-11-7-1-3-10-4-2-7/h7H,1-6H2. The Morgan fingerprint density at radius 1 is 1.50 bits per heavy atom. The van der Waals surface area contributed by atoms with Crippen molar-refractivity contribution in [3.8, 4) is 0 Å². The van der Waals surface area contributed by atoms with Gasteiger partial charge >= 0.3 is 0 Å². The summed E-state index contributed by atoms with van der Waals surface area (Å²) in [5.41, 5.74) is 0. The first-order valence-corrected chi connectivity index (χ1v) is 6.17. The Balaban J connectivity index is 2.01. The highest BCUT2D eigenvalue weighted by atomic mass is 35.7. The summed E-state index contributed by atoms with van der Waals surface area (Å²) in [7, 11) is 4.01. The topological polar surface area (TPSA) is 35.5 Å². The van der Waals surface area contributed by atoms with Crippen molar-refractivity contribution >= 4 is 20.7 Å². The molecular weight excluding hydrogens is 200 g/mol. The van der Waals surface area contributed by atoms with Gasteiger partial charge in [0.05, 0.1) is 18.5 Å². The van der Waals surface area contributed by atoms with E-state index in [0.29, 0.717) is 12.4 Å². The second kappa shape index (κ2) is 5.91. The molecule has 1 atom stereocenters. The molecular formula is C7H13ClO3S. The lowest BCUT2D eigenvalue weighted by Gasteiger charge is -2.21. The van der Waals surface area contributed by atoms with Crippen LogP contribution in [0.2, 0.25) is 0 Å². The zero-order valence-corrected chi connectivity index (χ0v) is 8.40. The molecule has 1 aliphatic heterocycles. The lowest BCUT2D eigenvalue weighted by atomic mass is 10.2. The average Bonchev–Trinajstić information content (AvgIpc) is 2.05. The summed E-state index contributed by atoms with van der Waals surface area (Å²) < 4.78 is 21.1. The maximum Gasteiger partial charge on any atom is 0.117 e. The van der Waals surface area contributed by atoms with Gasteiger partial charge in [0, 0.05) is 13.2 Å². The van der Waals surface area contributed by atoms with E-state index in [1.165, 1.54) is 0 Å². The van der Waals surface area contributed by atoms with Crippen molar-refractivity contribution in [1.82, 2.24) is 0 Å². The van der Waals surface area contributed by atoms with Gasteiger partial charge in [-0.2, -0.15) is 0 Å². The third-order valence-electron chi connectivity index (χ3n) is 1.77. The van der Waals surface area contributed by atoms with Gasteiger partial charge in [0.25, 0.3) is 0 Å². The summed E-state index contributed by atoms with van der Waals surface area (Å²) in [5.74, 6) is 0.416. The van der Waals surface area contributed by atoms with Crippen LogP contribution in [0.1, 0.15) is 12.8 Å². The van der Waals surface area contributed by atoms with E-state index in [2.05, 4.69) is 0 Å². The summed E-state index contributed by atoms with van der Waals surface area (Å²) in [6.45, 7) is 2.03. The molecule has 1 fully saturated rings. The van der Waals surface area contributed by atoms with Crippen LogP contribution in [0.3, 0.4) is 0 Å². The van der Waals surface area contributed by atoms with Crippen LogP contribution in [0, 0.1) is 0 Å². The molecule has 0 saturated carbocycles. The lowest BCUT2D eigenvalue weighted by Crippen LogP contribution is -2.24. The van der Waals surface area contributed by atoms with Gasteiger partial charge in [-0.15, -0.1) is 0 Å². The lowest BCUT2D eigenvalue weighted by molar-refractivity contribution is -0.0265. The summed E-state index contributed by atoms with van der Waals surface area (Å²) in [6.07, 6.45) is 2.16. The second-order valence-corrected chi connectivity index (χ2v) is 4.70. The molecule has 0 aliphatic carbocycles. The average molecular weight is 213 g/mol. The predicted molar refractivity (Wildman–Crippen MR) is 48.7 cm³/mol. The van der Waals surface area contributed by atoms with Crippen molar-refractivity contribution in [3.05, 3.63) is 0 Å². The molecule has 12 heavy (non-hydrogen) atoms. The summed E-state index contributed by atoms with van der Waals surface area (Å²) in [6, 6.07) is 0. The fraction of sp³-hybridized carbons (Fsp3) is 1.00. The molecule has 1 unspecified atom stereocenters. The van der Waals surface area contributed by atoms with Crippen molar-refractivity contribution in [2.75, 3.05) is 25.6 Å². The van der Waals surface area contributed by atoms with Crippen molar-refractivity contribution in [2.45, 2.75) is 18.9 Å². The van der Waals surface area contributed by atoms with Gasteiger partial charge in [-0.1, -0.05) is 0 Å². The zero-order chi connectivity index (χ0) is 8.81. The molecule has 72 valence electrons. The van der Waals surface area contributed by atoms with Gasteiger partial charge in [0.2, 0.25) is 0 Å². The van der Waals surface area contributed by atoms with E-state index in [4.69, 9.17) is 20.2 Å². The Labute approximate surface area is 79.3 Å². The summed E-state index contributed by atoms with van der Waals surface area (Å²) in [4.78, 5) is 0. The van der Waals surface area contributed by atoms with E-state index in [9.17, 15) is 4.21 Å². The first-order chi connectivity index (χ1) is 5.79. The molecule has 0 aromatic carbocycles. The molecule has 0 aromatic rings. The van der Waals surface area contributed by atoms with E-state index < -0.39 is 10.0 Å². The van der Waals surface area contributed by atoms with Gasteiger partial charge < -0.3 is 9.47 Å². The van der Waals surface area contributed by atoms with Crippen molar-refractivity contribution in [1.29, 1.82) is 0 Å². The SMILES string of the molecule is O=S(Cl)CCOC1CCOCC1. The Morgan fingerprint density at radius 2 is 2.17 bits per heavy atom. The molecule has 0 spiro atoms. The first kappa shape index (κ1) is 10.4. The molecule has 0 bridgehead atoms. The van der Waals surface area contributed by atoms with Gasteiger partial charge in [-0.05, 0) is 23.5 Å². The van der Waals surface area contributed by atoms with E-state index >= 15 is 0 Å². The van der Waals surface area contributed by atoms with Crippen LogP contribution < -0.4 is 0 Å². The molecule has 5 heteroatoms. The third kappa shape index (κ3) is 4.40. The monoisotopic (exact) mass is 212 g/mol. The van der Waals surface area contributed by atoms with Crippen LogP contribution in [0.15, 0.2) is 0 Å². The van der Waals surface area contributed by atoms with Gasteiger partial charge in [0.1, 0.15) is 10.0 Å². The normalized spacial score (nSPS) is 22.4. The van der Waals surface area contributed by atoms with Gasteiger partial charge in [-0.3, -0.25) is 0 Å². The largest absolute Gasteiger partial charge is 0.381 e. The molecule has 1 aliphatic rings. The number of rotatable bonds is 4. The maximum atomic E-state index is 10.5. The highest BCUT2D eigenvalue weighted by Crippen LogP contribution is 2.10. The highest BCUT2D eigenvalue weighted by molar-refractivity contribution is 8.08. The number of halogens is 1. The summed E-state index contributed by atoms with van der Waals surface area (Å²) in [5, 5.41) is 0. The molecule has 1 saturated heterocycles. The third-order valence-corrected chi connectivity index (χ3v) is 2.72. The fourth-order valence-corrected chi connectivity index (χ4v) is 1.54. The summed E-state index contributed by atoms with van der Waals surface area (Å²) >= 11 is 0. The quantitative estimate of drug-likeness (QED) is 0.655. The molecule has 0 N–H and O–H groups in total. The van der Waals surface area contributed by atoms with Crippen molar-refractivity contribution < 1.29 is 13.7 Å². The Bertz CT molecular complexity index is 148. The number of ether oxygens (including phenoxy) is 2.